The third kappa shape index (κ3) is 10.2. The van der Waals surface area contributed by atoms with Crippen LogP contribution in [0.25, 0.3) is 0 Å². The number of rotatable bonds is 10. The molecule has 29 heavy (non-hydrogen) atoms. The summed E-state index contributed by atoms with van der Waals surface area (Å²) >= 11 is 0. The fraction of sp³-hybridized carbons (Fsp3) is 0.429. The molecule has 0 fully saturated rings. The van der Waals surface area contributed by atoms with E-state index in [-0.39, 0.29) is 42.5 Å². The second kappa shape index (κ2) is 13.9. The monoisotopic (exact) mass is 514 g/mol. The Balaban J connectivity index is 0.00000420. The van der Waals surface area contributed by atoms with E-state index in [2.05, 4.69) is 20.9 Å². The van der Waals surface area contributed by atoms with Crippen molar-refractivity contribution in [3.05, 3.63) is 48.4 Å². The van der Waals surface area contributed by atoms with Gasteiger partial charge in [0.1, 0.15) is 18.1 Å². The maximum atomic E-state index is 11.9. The number of ether oxygens (including phenoxy) is 1. The summed E-state index contributed by atoms with van der Waals surface area (Å²) in [5.41, 5.74) is 0.856. The Morgan fingerprint density at radius 3 is 2.52 bits per heavy atom. The fourth-order valence-electron chi connectivity index (χ4n) is 2.40. The van der Waals surface area contributed by atoms with E-state index >= 15 is 0 Å². The van der Waals surface area contributed by atoms with Crippen LogP contribution < -0.4 is 20.7 Å². The van der Waals surface area contributed by atoms with Gasteiger partial charge in [-0.1, -0.05) is 6.92 Å². The first kappa shape index (κ1) is 24.8. The first-order valence-corrected chi connectivity index (χ1v) is 9.68. The van der Waals surface area contributed by atoms with Gasteiger partial charge in [-0.15, -0.1) is 24.0 Å². The number of furan rings is 1. The van der Waals surface area contributed by atoms with E-state index in [0.717, 1.165) is 30.0 Å². The summed E-state index contributed by atoms with van der Waals surface area (Å²) in [6, 6.07) is 11.4. The lowest BCUT2D eigenvalue weighted by Gasteiger charge is -2.14. The lowest BCUT2D eigenvalue weighted by molar-refractivity contribution is -0.119. The van der Waals surface area contributed by atoms with E-state index in [0.29, 0.717) is 19.0 Å². The molecule has 1 aromatic carbocycles. The Bertz CT molecular complexity index is 731. The van der Waals surface area contributed by atoms with Crippen molar-refractivity contribution >= 4 is 41.5 Å². The summed E-state index contributed by atoms with van der Waals surface area (Å²) in [7, 11) is 0. The van der Waals surface area contributed by atoms with Gasteiger partial charge in [0.15, 0.2) is 5.96 Å². The number of halogens is 1. The number of nitrogens with one attached hydrogen (secondary N) is 3. The zero-order valence-corrected chi connectivity index (χ0v) is 19.6. The molecule has 0 bridgehead atoms. The second-order valence-electron chi connectivity index (χ2n) is 6.59. The van der Waals surface area contributed by atoms with Gasteiger partial charge in [0.05, 0.1) is 12.4 Å². The lowest BCUT2D eigenvalue weighted by atomic mass is 10.3. The molecule has 160 valence electrons. The molecule has 2 aromatic rings. The van der Waals surface area contributed by atoms with Crippen molar-refractivity contribution in [1.29, 1.82) is 0 Å². The quantitative estimate of drug-likeness (QED) is 0.255. The molecule has 0 aliphatic carbocycles. The van der Waals surface area contributed by atoms with Crippen molar-refractivity contribution in [2.75, 3.05) is 25.0 Å². The number of carbonyl (C=O) groups excluding carboxylic acids is 1. The summed E-state index contributed by atoms with van der Waals surface area (Å²) < 4.78 is 11.0. The zero-order chi connectivity index (χ0) is 20.2. The average Bonchev–Trinajstić information content (AvgIpc) is 3.19. The Kier molecular flexibility index (Phi) is 11.9. The molecular weight excluding hydrogens is 483 g/mol. The molecule has 0 radical (unpaired) electrons. The first-order valence-electron chi connectivity index (χ1n) is 9.68. The van der Waals surface area contributed by atoms with Gasteiger partial charge in [0.2, 0.25) is 5.91 Å². The number of guanidine groups is 1. The number of benzene rings is 1. The highest BCUT2D eigenvalue weighted by molar-refractivity contribution is 14.0. The van der Waals surface area contributed by atoms with Gasteiger partial charge in [-0.25, -0.2) is 4.99 Å². The Morgan fingerprint density at radius 1 is 1.14 bits per heavy atom. The number of hydrogen-bond acceptors (Lipinski definition) is 4. The van der Waals surface area contributed by atoms with Crippen LogP contribution in [0.2, 0.25) is 0 Å². The molecule has 0 unspecified atom stereocenters. The molecule has 1 heterocycles. The second-order valence-corrected chi connectivity index (χ2v) is 6.59. The van der Waals surface area contributed by atoms with Crippen molar-refractivity contribution in [1.82, 2.24) is 10.6 Å². The molecule has 2 rings (SSSR count). The topological polar surface area (TPSA) is 87.9 Å². The van der Waals surface area contributed by atoms with Gasteiger partial charge in [0.25, 0.3) is 0 Å². The third-order valence-corrected chi connectivity index (χ3v) is 3.69. The Morgan fingerprint density at radius 2 is 1.90 bits per heavy atom. The molecule has 7 nitrogen and oxygen atoms in total. The SMILES string of the molecule is CCCNC(=O)CN=C(NCCc1ccco1)Nc1ccc(OC(C)C)cc1.I. The molecule has 3 N–H and O–H groups in total. The predicted octanol–water partition coefficient (Wildman–Crippen LogP) is 3.81. The standard InChI is InChI=1S/C21H30N4O3.HI/c1-4-12-22-20(26)15-24-21(23-13-11-18-6-5-14-27-18)25-17-7-9-19(10-8-17)28-16(2)3;/h5-10,14,16H,4,11-13,15H2,1-3H3,(H,22,26)(H2,23,24,25);1H. The van der Waals surface area contributed by atoms with Gasteiger partial charge in [0, 0.05) is 25.2 Å². The van der Waals surface area contributed by atoms with Crippen LogP contribution in [0.1, 0.15) is 33.0 Å². The molecule has 8 heteroatoms. The maximum Gasteiger partial charge on any atom is 0.241 e. The normalized spacial score (nSPS) is 11.0. The molecule has 0 aliphatic heterocycles. The van der Waals surface area contributed by atoms with Crippen molar-refractivity contribution < 1.29 is 13.9 Å². The fourth-order valence-corrected chi connectivity index (χ4v) is 2.40. The number of aliphatic imine (C=N–C) groups is 1. The van der Waals surface area contributed by atoms with Gasteiger partial charge in [-0.3, -0.25) is 4.79 Å². The average molecular weight is 514 g/mol. The van der Waals surface area contributed by atoms with Crippen LogP contribution in [0.15, 0.2) is 52.1 Å². The van der Waals surface area contributed by atoms with Crippen molar-refractivity contribution in [2.45, 2.75) is 39.7 Å². The highest BCUT2D eigenvalue weighted by Gasteiger charge is 2.05. The van der Waals surface area contributed by atoms with Crippen LogP contribution in [0.4, 0.5) is 5.69 Å². The van der Waals surface area contributed by atoms with Crippen LogP contribution in [0, 0.1) is 0 Å². The maximum absolute atomic E-state index is 11.9. The van der Waals surface area contributed by atoms with Crippen molar-refractivity contribution in [3.63, 3.8) is 0 Å². The summed E-state index contributed by atoms with van der Waals surface area (Å²) in [5.74, 6) is 2.14. The van der Waals surface area contributed by atoms with Crippen molar-refractivity contribution in [3.8, 4) is 5.75 Å². The van der Waals surface area contributed by atoms with Gasteiger partial charge < -0.3 is 25.1 Å². The lowest BCUT2D eigenvalue weighted by Crippen LogP contribution is -2.34. The number of hydrogen-bond donors (Lipinski definition) is 3. The van der Waals surface area contributed by atoms with Crippen molar-refractivity contribution in [2.24, 2.45) is 4.99 Å². The van der Waals surface area contributed by atoms with E-state index < -0.39 is 0 Å². The number of carbonyl (C=O) groups is 1. The first-order chi connectivity index (χ1) is 13.6. The van der Waals surface area contributed by atoms with Crippen LogP contribution in [-0.2, 0) is 11.2 Å². The molecule has 0 aliphatic rings. The van der Waals surface area contributed by atoms with Gasteiger partial charge >= 0.3 is 0 Å². The molecule has 0 spiro atoms. The Labute approximate surface area is 189 Å². The number of anilines is 1. The zero-order valence-electron chi connectivity index (χ0n) is 17.2. The van der Waals surface area contributed by atoms with E-state index in [1.54, 1.807) is 6.26 Å². The van der Waals surface area contributed by atoms with Gasteiger partial charge in [-0.2, -0.15) is 0 Å². The van der Waals surface area contributed by atoms with Gasteiger partial charge in [-0.05, 0) is 56.7 Å². The minimum Gasteiger partial charge on any atom is -0.491 e. The predicted molar refractivity (Wildman–Crippen MR) is 127 cm³/mol. The molecule has 1 amide bonds. The summed E-state index contributed by atoms with van der Waals surface area (Å²) in [5, 5.41) is 9.28. The summed E-state index contributed by atoms with van der Waals surface area (Å²) in [6.45, 7) is 7.34. The number of nitrogens with zero attached hydrogens (tertiary/aromatic N) is 1. The molecular formula is C21H31IN4O3. The third-order valence-electron chi connectivity index (χ3n) is 3.69. The summed E-state index contributed by atoms with van der Waals surface area (Å²) in [6.07, 6.45) is 3.39. The molecule has 0 saturated carbocycles. The van der Waals surface area contributed by atoms with E-state index in [1.807, 2.05) is 57.2 Å². The van der Waals surface area contributed by atoms with E-state index in [9.17, 15) is 4.79 Å². The largest absolute Gasteiger partial charge is 0.491 e. The molecule has 0 atom stereocenters. The smallest absolute Gasteiger partial charge is 0.241 e. The minimum absolute atomic E-state index is 0. The molecule has 1 aromatic heterocycles. The van der Waals surface area contributed by atoms with Crippen LogP contribution in [-0.4, -0.2) is 37.6 Å². The van der Waals surface area contributed by atoms with Crippen LogP contribution in [0.3, 0.4) is 0 Å². The van der Waals surface area contributed by atoms with E-state index in [4.69, 9.17) is 9.15 Å². The molecule has 0 saturated heterocycles. The van der Waals surface area contributed by atoms with Crippen LogP contribution in [0.5, 0.6) is 5.75 Å². The van der Waals surface area contributed by atoms with E-state index in [1.165, 1.54) is 0 Å². The summed E-state index contributed by atoms with van der Waals surface area (Å²) in [4.78, 5) is 16.2. The highest BCUT2D eigenvalue weighted by atomic mass is 127. The Hall–Kier alpha value is -2.23. The highest BCUT2D eigenvalue weighted by Crippen LogP contribution is 2.16. The van der Waals surface area contributed by atoms with Crippen LogP contribution >= 0.6 is 24.0 Å². The number of amides is 1. The minimum atomic E-state index is -0.102.